The van der Waals surface area contributed by atoms with Gasteiger partial charge in [0.25, 0.3) is 11.8 Å². The molecule has 0 saturated heterocycles. The number of carbonyl (C=O) groups is 4. The lowest BCUT2D eigenvalue weighted by Gasteiger charge is -2.17. The molecule has 10 heteroatoms. The summed E-state index contributed by atoms with van der Waals surface area (Å²) in [7, 11) is 1.74. The molecule has 0 saturated carbocycles. The summed E-state index contributed by atoms with van der Waals surface area (Å²) in [4.78, 5) is 57.5. The average molecular weight is 498 g/mol. The molecule has 2 aromatic carbocycles. The molecule has 4 aromatic rings. The number of aromatic nitrogens is 3. The molecule has 5 rings (SSSR count). The number of rotatable bonds is 6. The first-order valence-corrected chi connectivity index (χ1v) is 11.6. The molecule has 3 heterocycles. The zero-order chi connectivity index (χ0) is 26.1. The number of ketones is 2. The van der Waals surface area contributed by atoms with E-state index >= 15 is 0 Å². The molecule has 0 bridgehead atoms. The van der Waals surface area contributed by atoms with Crippen LogP contribution in [-0.4, -0.2) is 44.5 Å². The Balaban J connectivity index is 1.34. The Hall–Kier alpha value is -4.86. The highest BCUT2D eigenvalue weighted by Crippen LogP contribution is 2.27. The van der Waals surface area contributed by atoms with Gasteiger partial charge in [-0.25, -0.2) is 9.97 Å². The number of amides is 2. The Morgan fingerprint density at radius 1 is 1.03 bits per heavy atom. The number of hydrogen-bond acceptors (Lipinski definition) is 7. The summed E-state index contributed by atoms with van der Waals surface area (Å²) >= 11 is 0. The molecule has 37 heavy (non-hydrogen) atoms. The van der Waals surface area contributed by atoms with E-state index in [1.807, 2.05) is 12.1 Å². The predicted molar refractivity (Wildman–Crippen MR) is 135 cm³/mol. The molecule has 2 aromatic heterocycles. The van der Waals surface area contributed by atoms with E-state index in [9.17, 15) is 19.2 Å². The molecule has 1 aliphatic heterocycles. The number of anilines is 1. The van der Waals surface area contributed by atoms with Crippen molar-refractivity contribution < 1.29 is 23.9 Å². The Morgan fingerprint density at radius 3 is 2.54 bits per heavy atom. The van der Waals surface area contributed by atoms with Gasteiger partial charge in [0.05, 0.1) is 5.69 Å². The first kappa shape index (κ1) is 23.9. The number of Topliss-reactive ketones (excluding diaryl/α,β-unsaturated/α-hetero) is 2. The zero-order valence-corrected chi connectivity index (χ0v) is 20.2. The topological polar surface area (TPSA) is 132 Å². The van der Waals surface area contributed by atoms with Crippen molar-refractivity contribution in [1.82, 2.24) is 19.9 Å². The first-order valence-electron chi connectivity index (χ1n) is 11.6. The van der Waals surface area contributed by atoms with Gasteiger partial charge in [0, 0.05) is 42.9 Å². The van der Waals surface area contributed by atoms with E-state index in [4.69, 9.17) is 4.74 Å². The Kier molecular flexibility index (Phi) is 6.22. The first-order chi connectivity index (χ1) is 17.8. The van der Waals surface area contributed by atoms with Crippen LogP contribution in [0.5, 0.6) is 5.75 Å². The molecule has 2 amide bonds. The number of nitrogens with zero attached hydrogens (tertiary/aromatic N) is 3. The van der Waals surface area contributed by atoms with Crippen LogP contribution in [0.25, 0.3) is 11.0 Å². The third kappa shape index (κ3) is 4.81. The number of nitrogens with one attached hydrogen (secondary N) is 2. The van der Waals surface area contributed by atoms with Gasteiger partial charge in [-0.15, -0.1) is 0 Å². The molecule has 0 fully saturated rings. The zero-order valence-electron chi connectivity index (χ0n) is 20.2. The minimum Gasteiger partial charge on any atom is -0.486 e. The van der Waals surface area contributed by atoms with E-state index < -0.39 is 5.91 Å². The number of carbonyl (C=O) groups excluding carboxylic acids is 4. The maximum atomic E-state index is 13.1. The highest BCUT2D eigenvalue weighted by Gasteiger charge is 2.21. The van der Waals surface area contributed by atoms with Gasteiger partial charge in [-0.05, 0) is 36.8 Å². The Bertz CT molecular complexity index is 1570. The van der Waals surface area contributed by atoms with E-state index in [1.165, 1.54) is 13.3 Å². The summed E-state index contributed by atoms with van der Waals surface area (Å²) in [5.41, 5.74) is 3.99. The average Bonchev–Trinajstić information content (AvgIpc) is 3.22. The van der Waals surface area contributed by atoms with Gasteiger partial charge in [-0.3, -0.25) is 19.2 Å². The van der Waals surface area contributed by atoms with E-state index in [2.05, 4.69) is 20.6 Å². The molecule has 0 atom stereocenters. The normalized spacial score (nSPS) is 12.5. The number of benzene rings is 2. The molecule has 0 radical (unpaired) electrons. The van der Waals surface area contributed by atoms with Gasteiger partial charge in [0.2, 0.25) is 0 Å². The molecule has 1 aliphatic rings. The van der Waals surface area contributed by atoms with Crippen molar-refractivity contribution in [2.24, 2.45) is 7.05 Å². The van der Waals surface area contributed by atoms with Crippen LogP contribution in [0.15, 0.2) is 55.0 Å². The lowest BCUT2D eigenvalue weighted by Crippen LogP contribution is -2.25. The van der Waals surface area contributed by atoms with Crippen LogP contribution in [-0.2, 0) is 24.8 Å². The second-order valence-electron chi connectivity index (χ2n) is 8.79. The number of ether oxygens (including phenoxy) is 1. The van der Waals surface area contributed by atoms with Crippen LogP contribution < -0.4 is 15.4 Å². The minimum absolute atomic E-state index is 0.0109. The molecular formula is C27H23N5O5. The van der Waals surface area contributed by atoms with E-state index in [0.29, 0.717) is 40.0 Å². The lowest BCUT2D eigenvalue weighted by atomic mass is 10.0. The molecule has 0 spiro atoms. The van der Waals surface area contributed by atoms with Crippen molar-refractivity contribution in [2.45, 2.75) is 19.9 Å². The maximum Gasteiger partial charge on any atom is 0.272 e. The number of aryl methyl sites for hydroxylation is 1. The van der Waals surface area contributed by atoms with Crippen LogP contribution in [0.3, 0.4) is 0 Å². The Labute approximate surface area is 211 Å². The predicted octanol–water partition coefficient (Wildman–Crippen LogP) is 2.86. The van der Waals surface area contributed by atoms with Crippen molar-refractivity contribution in [3.63, 3.8) is 0 Å². The van der Waals surface area contributed by atoms with Gasteiger partial charge in [0.15, 0.2) is 17.3 Å². The van der Waals surface area contributed by atoms with Crippen LogP contribution in [0.2, 0.25) is 0 Å². The van der Waals surface area contributed by atoms with Crippen molar-refractivity contribution in [3.8, 4) is 5.75 Å². The molecule has 0 unspecified atom stereocenters. The van der Waals surface area contributed by atoms with Crippen LogP contribution in [0, 0.1) is 0 Å². The monoisotopic (exact) mass is 497 g/mol. The standard InChI is InChI=1S/C27H23N5O5/c1-15(33)17-4-6-18(7-5-17)26(35)31-21-12-32(2)25-23(21)29-14-30-24(25)27(36)28-11-16-3-8-22-19(9-16)10-20(34)13-37-22/h3-9,12,14H,10-11,13H2,1-2H3,(H,28,36)(H,31,35). The van der Waals surface area contributed by atoms with Crippen molar-refractivity contribution in [1.29, 1.82) is 0 Å². The lowest BCUT2D eigenvalue weighted by molar-refractivity contribution is -0.121. The van der Waals surface area contributed by atoms with E-state index in [1.54, 1.807) is 48.1 Å². The second-order valence-corrected chi connectivity index (χ2v) is 8.79. The molecule has 2 N–H and O–H groups in total. The van der Waals surface area contributed by atoms with Gasteiger partial charge < -0.3 is 19.9 Å². The fourth-order valence-electron chi connectivity index (χ4n) is 4.25. The van der Waals surface area contributed by atoms with Crippen molar-refractivity contribution in [3.05, 3.63) is 82.9 Å². The quantitative estimate of drug-likeness (QED) is 0.392. The van der Waals surface area contributed by atoms with Crippen LogP contribution >= 0.6 is 0 Å². The summed E-state index contributed by atoms with van der Waals surface area (Å²) < 4.78 is 7.10. The third-order valence-corrected chi connectivity index (χ3v) is 6.12. The summed E-state index contributed by atoms with van der Waals surface area (Å²) in [6.07, 6.45) is 3.25. The second kappa shape index (κ2) is 9.65. The summed E-state index contributed by atoms with van der Waals surface area (Å²) in [6, 6.07) is 11.8. The SMILES string of the molecule is CC(=O)c1ccc(C(=O)Nc2cn(C)c3c(C(=O)NCc4ccc5c(c4)CC(=O)CO5)ncnc23)cc1. The number of fused-ring (bicyclic) bond motifs is 2. The minimum atomic E-state index is -0.406. The highest BCUT2D eigenvalue weighted by molar-refractivity contribution is 6.11. The highest BCUT2D eigenvalue weighted by atomic mass is 16.5. The van der Waals surface area contributed by atoms with Crippen molar-refractivity contribution in [2.75, 3.05) is 11.9 Å². The molecule has 0 aliphatic carbocycles. The van der Waals surface area contributed by atoms with Gasteiger partial charge in [-0.1, -0.05) is 18.2 Å². The van der Waals surface area contributed by atoms with Crippen molar-refractivity contribution >= 4 is 40.1 Å². The fraction of sp³-hybridized carbons (Fsp3) is 0.185. The largest absolute Gasteiger partial charge is 0.486 e. The molecule has 10 nitrogen and oxygen atoms in total. The van der Waals surface area contributed by atoms with Gasteiger partial charge in [0.1, 0.15) is 29.7 Å². The van der Waals surface area contributed by atoms with Crippen LogP contribution in [0.4, 0.5) is 5.69 Å². The number of hydrogen-bond donors (Lipinski definition) is 2. The third-order valence-electron chi connectivity index (χ3n) is 6.12. The molecular weight excluding hydrogens is 474 g/mol. The summed E-state index contributed by atoms with van der Waals surface area (Å²) in [6.45, 7) is 1.77. The fourth-order valence-corrected chi connectivity index (χ4v) is 4.25. The molecule has 186 valence electrons. The van der Waals surface area contributed by atoms with Gasteiger partial charge in [-0.2, -0.15) is 0 Å². The summed E-state index contributed by atoms with van der Waals surface area (Å²) in [5.74, 6) is -0.171. The van der Waals surface area contributed by atoms with E-state index in [0.717, 1.165) is 11.1 Å². The summed E-state index contributed by atoms with van der Waals surface area (Å²) in [5, 5.41) is 5.68. The van der Waals surface area contributed by atoms with Gasteiger partial charge >= 0.3 is 0 Å². The smallest absolute Gasteiger partial charge is 0.272 e. The van der Waals surface area contributed by atoms with E-state index in [-0.39, 0.29) is 36.3 Å². The maximum absolute atomic E-state index is 13.1. The Morgan fingerprint density at radius 2 is 1.78 bits per heavy atom. The van der Waals surface area contributed by atoms with Crippen LogP contribution in [0.1, 0.15) is 49.3 Å².